The zero-order valence-corrected chi connectivity index (χ0v) is 12.8. The molecule has 0 bridgehead atoms. The molecule has 1 atom stereocenters. The van der Waals surface area contributed by atoms with Crippen molar-refractivity contribution in [2.45, 2.75) is 49.7 Å². The van der Waals surface area contributed by atoms with E-state index in [4.69, 9.17) is 0 Å². The Hall–Kier alpha value is -1.21. The van der Waals surface area contributed by atoms with Crippen LogP contribution in [0.4, 0.5) is 0 Å². The fraction of sp³-hybridized carbons (Fsp3) is 0.714. The normalized spacial score (nSPS) is 25.2. The lowest BCUT2D eigenvalue weighted by atomic mass is 9.96. The van der Waals surface area contributed by atoms with Crippen molar-refractivity contribution in [3.8, 4) is 0 Å². The summed E-state index contributed by atoms with van der Waals surface area (Å²) in [7, 11) is -3.19. The van der Waals surface area contributed by atoms with Crippen LogP contribution in [0, 0.1) is 0 Å². The lowest BCUT2D eigenvalue weighted by Gasteiger charge is -2.33. The third-order valence-corrected chi connectivity index (χ3v) is 6.97. The molecule has 7 heteroatoms. The highest BCUT2D eigenvalue weighted by Gasteiger charge is 2.37. The first-order valence-corrected chi connectivity index (χ1v) is 9.12. The molecule has 1 N–H and O–H groups in total. The highest BCUT2D eigenvalue weighted by molar-refractivity contribution is 7.89. The van der Waals surface area contributed by atoms with Crippen molar-refractivity contribution in [1.29, 1.82) is 0 Å². The van der Waals surface area contributed by atoms with Crippen molar-refractivity contribution in [2.24, 2.45) is 0 Å². The summed E-state index contributed by atoms with van der Waals surface area (Å²) in [6.07, 6.45) is 6.82. The van der Waals surface area contributed by atoms with E-state index in [1.54, 1.807) is 10.4 Å². The quantitative estimate of drug-likeness (QED) is 0.910. The molecule has 116 valence electrons. The second kappa shape index (κ2) is 5.88. The topological polar surface area (TPSA) is 83.1 Å². The highest BCUT2D eigenvalue weighted by Crippen LogP contribution is 2.32. The molecule has 3 rings (SSSR count). The zero-order valence-electron chi connectivity index (χ0n) is 12.0. The maximum atomic E-state index is 12.7. The Labute approximate surface area is 124 Å². The first-order chi connectivity index (χ1) is 10.1. The lowest BCUT2D eigenvalue weighted by molar-refractivity contribution is 0.309. The third-order valence-electron chi connectivity index (χ3n) is 4.60. The molecule has 1 unspecified atom stereocenters. The van der Waals surface area contributed by atoms with Gasteiger partial charge in [-0.1, -0.05) is 12.8 Å². The van der Waals surface area contributed by atoms with Gasteiger partial charge in [0.1, 0.15) is 0 Å². The van der Waals surface area contributed by atoms with Crippen LogP contribution in [-0.2, 0) is 10.0 Å². The Kier molecular flexibility index (Phi) is 4.12. The number of nitrogens with zero attached hydrogens (tertiary/aromatic N) is 2. The second-order valence-corrected chi connectivity index (χ2v) is 8.19. The van der Waals surface area contributed by atoms with Crippen molar-refractivity contribution in [2.75, 3.05) is 13.1 Å². The molecule has 1 saturated carbocycles. The maximum Gasteiger partial charge on any atom is 0.345 e. The van der Waals surface area contributed by atoms with Crippen LogP contribution >= 0.6 is 0 Å². The first kappa shape index (κ1) is 14.7. The molecule has 0 spiro atoms. The van der Waals surface area contributed by atoms with Gasteiger partial charge < -0.3 is 4.98 Å². The molecule has 1 aliphatic heterocycles. The van der Waals surface area contributed by atoms with Gasteiger partial charge in [-0.05, 0) is 31.7 Å². The zero-order chi connectivity index (χ0) is 14.9. The number of hydrogen-bond donors (Lipinski definition) is 1. The molecule has 1 aliphatic carbocycles. The molecule has 0 aromatic carbocycles. The van der Waals surface area contributed by atoms with E-state index in [-0.39, 0.29) is 16.9 Å². The van der Waals surface area contributed by atoms with Crippen molar-refractivity contribution in [3.05, 3.63) is 28.4 Å². The van der Waals surface area contributed by atoms with E-state index in [0.29, 0.717) is 13.1 Å². The average Bonchev–Trinajstić information content (AvgIpc) is 3.02. The van der Waals surface area contributed by atoms with E-state index in [1.165, 1.54) is 6.20 Å². The Morgan fingerprint density at radius 3 is 2.67 bits per heavy atom. The fourth-order valence-corrected chi connectivity index (χ4v) is 5.57. The molecule has 1 aromatic rings. The third kappa shape index (κ3) is 3.03. The van der Waals surface area contributed by atoms with Crippen LogP contribution in [0.2, 0.25) is 0 Å². The van der Waals surface area contributed by atoms with Crippen molar-refractivity contribution in [3.63, 3.8) is 0 Å². The number of sulfonamides is 1. The van der Waals surface area contributed by atoms with Crippen LogP contribution in [0.5, 0.6) is 0 Å². The molecule has 2 aliphatic rings. The summed E-state index contributed by atoms with van der Waals surface area (Å²) in [5, 5.41) is -0.201. The molecule has 0 amide bonds. The number of aromatic nitrogens is 2. The smallest absolute Gasteiger partial charge is 0.309 e. The molecule has 1 saturated heterocycles. The Morgan fingerprint density at radius 1 is 1.19 bits per heavy atom. The summed E-state index contributed by atoms with van der Waals surface area (Å²) in [4.78, 5) is 17.7. The van der Waals surface area contributed by atoms with Crippen LogP contribution in [0.25, 0.3) is 0 Å². The molecule has 2 heterocycles. The summed E-state index contributed by atoms with van der Waals surface area (Å²) in [5.74, 6) is 0.0608. The number of rotatable bonds is 3. The summed E-state index contributed by atoms with van der Waals surface area (Å²) in [5.41, 5.74) is 0.421. The molecule has 0 radical (unpaired) electrons. The van der Waals surface area contributed by atoms with E-state index in [0.717, 1.165) is 44.2 Å². The van der Waals surface area contributed by atoms with Gasteiger partial charge in [-0.2, -0.15) is 0 Å². The summed E-state index contributed by atoms with van der Waals surface area (Å²) >= 11 is 0. The van der Waals surface area contributed by atoms with Crippen LogP contribution < -0.4 is 5.69 Å². The van der Waals surface area contributed by atoms with Gasteiger partial charge in [0.2, 0.25) is 10.0 Å². The maximum absolute atomic E-state index is 12.7. The fourth-order valence-electron chi connectivity index (χ4n) is 3.45. The van der Waals surface area contributed by atoms with Gasteiger partial charge in [0, 0.05) is 30.9 Å². The second-order valence-electron chi connectivity index (χ2n) is 5.98. The molecule has 6 nitrogen and oxygen atoms in total. The molecule has 21 heavy (non-hydrogen) atoms. The number of hydrogen-bond acceptors (Lipinski definition) is 4. The van der Waals surface area contributed by atoms with Gasteiger partial charge in [-0.25, -0.2) is 22.5 Å². The first-order valence-electron chi connectivity index (χ1n) is 7.61. The van der Waals surface area contributed by atoms with E-state index in [1.807, 2.05) is 0 Å². The van der Waals surface area contributed by atoms with Crippen LogP contribution in [0.3, 0.4) is 0 Å². The Bertz CT molecular complexity index is 649. The predicted octanol–water partition coefficient (Wildman–Crippen LogP) is 1.22. The van der Waals surface area contributed by atoms with E-state index < -0.39 is 10.0 Å². The Balaban J connectivity index is 1.78. The van der Waals surface area contributed by atoms with Crippen LogP contribution in [0.15, 0.2) is 17.1 Å². The van der Waals surface area contributed by atoms with Gasteiger partial charge in [-0.3, -0.25) is 0 Å². The minimum atomic E-state index is -3.19. The van der Waals surface area contributed by atoms with Crippen molar-refractivity contribution >= 4 is 10.0 Å². The van der Waals surface area contributed by atoms with Crippen molar-refractivity contribution in [1.82, 2.24) is 14.3 Å². The summed E-state index contributed by atoms with van der Waals surface area (Å²) in [6, 6.07) is 1.78. The van der Waals surface area contributed by atoms with Gasteiger partial charge >= 0.3 is 5.69 Å². The molecular weight excluding hydrogens is 290 g/mol. The molecule has 2 fully saturated rings. The molecular formula is C14H21N3O3S. The van der Waals surface area contributed by atoms with E-state index in [2.05, 4.69) is 9.97 Å². The lowest BCUT2D eigenvalue weighted by Crippen LogP contribution is -2.43. The average molecular weight is 311 g/mol. The van der Waals surface area contributed by atoms with Crippen molar-refractivity contribution < 1.29 is 8.42 Å². The minimum absolute atomic E-state index is 0.0608. The highest BCUT2D eigenvalue weighted by atomic mass is 32.2. The molecule has 1 aromatic heterocycles. The monoisotopic (exact) mass is 311 g/mol. The minimum Gasteiger partial charge on any atom is -0.309 e. The van der Waals surface area contributed by atoms with Gasteiger partial charge in [-0.15, -0.1) is 0 Å². The van der Waals surface area contributed by atoms with Gasteiger partial charge in [0.05, 0.1) is 5.25 Å². The number of piperidine rings is 1. The van der Waals surface area contributed by atoms with Crippen LogP contribution in [0.1, 0.15) is 50.1 Å². The number of nitrogens with one attached hydrogen (secondary N) is 1. The predicted molar refractivity (Wildman–Crippen MR) is 79.6 cm³/mol. The van der Waals surface area contributed by atoms with E-state index >= 15 is 0 Å². The number of aromatic amines is 1. The SMILES string of the molecule is O=c1nccc(C2CCCN(S(=O)(=O)C3CCCC3)C2)[nH]1. The van der Waals surface area contributed by atoms with Crippen LogP contribution in [-0.4, -0.2) is 41.0 Å². The van der Waals surface area contributed by atoms with Gasteiger partial charge in [0.25, 0.3) is 0 Å². The van der Waals surface area contributed by atoms with Gasteiger partial charge in [0.15, 0.2) is 0 Å². The summed E-state index contributed by atoms with van der Waals surface area (Å²) in [6.45, 7) is 1.07. The standard InChI is InChI=1S/C14H21N3O3S/c18-14-15-8-7-13(16-14)11-4-3-9-17(10-11)21(19,20)12-5-1-2-6-12/h7-8,11-12H,1-6,9-10H2,(H,15,16,18). The number of H-pyrrole nitrogens is 1. The van der Waals surface area contributed by atoms with E-state index in [9.17, 15) is 13.2 Å². The Morgan fingerprint density at radius 2 is 1.95 bits per heavy atom. The summed E-state index contributed by atoms with van der Waals surface area (Å²) < 4.78 is 27.0. The largest absolute Gasteiger partial charge is 0.345 e.